The van der Waals surface area contributed by atoms with E-state index < -0.39 is 0 Å². The zero-order valence-electron chi connectivity index (χ0n) is 11.4. The van der Waals surface area contributed by atoms with Gasteiger partial charge in [0.2, 0.25) is 0 Å². The third-order valence-corrected chi connectivity index (χ3v) is 3.93. The molecule has 96 valence electrons. The van der Waals surface area contributed by atoms with Crippen LogP contribution in [0, 0.1) is 5.92 Å². The van der Waals surface area contributed by atoms with Gasteiger partial charge in [-0.1, -0.05) is 58.8 Å². The summed E-state index contributed by atoms with van der Waals surface area (Å²) >= 11 is 0. The molecule has 0 aliphatic heterocycles. The second-order valence-electron chi connectivity index (χ2n) is 5.53. The van der Waals surface area contributed by atoms with E-state index in [9.17, 15) is 0 Å². The maximum Gasteiger partial charge on any atom is 0.00696 e. The maximum absolute atomic E-state index is 3.75. The van der Waals surface area contributed by atoms with Gasteiger partial charge in [-0.15, -0.1) is 0 Å². The molecule has 0 spiro atoms. The minimum absolute atomic E-state index is 0.821. The Morgan fingerprint density at radius 1 is 1.06 bits per heavy atom. The summed E-state index contributed by atoms with van der Waals surface area (Å²) in [6, 6.07) is 0.821. The minimum Gasteiger partial charge on any atom is -0.314 e. The standard InChI is InChI=1S/C15H31N/c1-3-5-6-7-11-15(16-12-4-2)13-14-9-8-10-14/h14-16H,3-13H2,1-2H3. The molecule has 1 atom stereocenters. The molecule has 1 N–H and O–H groups in total. The van der Waals surface area contributed by atoms with Crippen LogP contribution in [0.15, 0.2) is 0 Å². The SMILES string of the molecule is CCCCCCC(CC1CCC1)NCCC. The molecule has 0 bridgehead atoms. The van der Waals surface area contributed by atoms with Gasteiger partial charge in [-0.05, 0) is 31.7 Å². The number of hydrogen-bond donors (Lipinski definition) is 1. The van der Waals surface area contributed by atoms with Gasteiger partial charge in [-0.25, -0.2) is 0 Å². The van der Waals surface area contributed by atoms with Crippen LogP contribution in [0.4, 0.5) is 0 Å². The van der Waals surface area contributed by atoms with Gasteiger partial charge < -0.3 is 5.32 Å². The summed E-state index contributed by atoms with van der Waals surface area (Å²) in [5.74, 6) is 1.06. The van der Waals surface area contributed by atoms with Crippen molar-refractivity contribution in [3.63, 3.8) is 0 Å². The molecule has 0 heterocycles. The lowest BCUT2D eigenvalue weighted by Gasteiger charge is -2.30. The van der Waals surface area contributed by atoms with Gasteiger partial charge in [0, 0.05) is 6.04 Å². The van der Waals surface area contributed by atoms with Gasteiger partial charge in [-0.2, -0.15) is 0 Å². The van der Waals surface area contributed by atoms with Crippen LogP contribution < -0.4 is 5.32 Å². The molecule has 1 nitrogen and oxygen atoms in total. The van der Waals surface area contributed by atoms with E-state index in [1.165, 1.54) is 70.8 Å². The Morgan fingerprint density at radius 3 is 2.44 bits per heavy atom. The predicted octanol–water partition coefficient (Wildman–Crippen LogP) is 4.52. The Morgan fingerprint density at radius 2 is 1.88 bits per heavy atom. The average molecular weight is 225 g/mol. The molecule has 0 aromatic heterocycles. The normalized spacial score (nSPS) is 18.4. The van der Waals surface area contributed by atoms with E-state index in [2.05, 4.69) is 19.2 Å². The third-order valence-electron chi connectivity index (χ3n) is 3.93. The fraction of sp³-hybridized carbons (Fsp3) is 1.00. The van der Waals surface area contributed by atoms with Gasteiger partial charge in [0.05, 0.1) is 0 Å². The fourth-order valence-electron chi connectivity index (χ4n) is 2.60. The molecular weight excluding hydrogens is 194 g/mol. The first-order valence-corrected chi connectivity index (χ1v) is 7.60. The van der Waals surface area contributed by atoms with Crippen molar-refractivity contribution in [3.05, 3.63) is 0 Å². The molecule has 0 amide bonds. The highest BCUT2D eigenvalue weighted by atomic mass is 14.9. The summed E-state index contributed by atoms with van der Waals surface area (Å²) in [7, 11) is 0. The van der Waals surface area contributed by atoms with Crippen molar-refractivity contribution >= 4 is 0 Å². The number of rotatable bonds is 10. The van der Waals surface area contributed by atoms with E-state index in [4.69, 9.17) is 0 Å². The molecule has 16 heavy (non-hydrogen) atoms. The highest BCUT2D eigenvalue weighted by molar-refractivity contribution is 4.77. The molecule has 1 fully saturated rings. The second-order valence-corrected chi connectivity index (χ2v) is 5.53. The topological polar surface area (TPSA) is 12.0 Å². The smallest absolute Gasteiger partial charge is 0.00696 e. The zero-order chi connectivity index (χ0) is 11.6. The molecule has 0 aromatic rings. The quantitative estimate of drug-likeness (QED) is 0.539. The lowest BCUT2D eigenvalue weighted by molar-refractivity contribution is 0.252. The van der Waals surface area contributed by atoms with E-state index in [0.29, 0.717) is 0 Å². The van der Waals surface area contributed by atoms with Crippen molar-refractivity contribution in [2.45, 2.75) is 84.1 Å². The number of hydrogen-bond acceptors (Lipinski definition) is 1. The van der Waals surface area contributed by atoms with Gasteiger partial charge in [0.1, 0.15) is 0 Å². The largest absolute Gasteiger partial charge is 0.314 e. The highest BCUT2D eigenvalue weighted by Crippen LogP contribution is 2.31. The van der Waals surface area contributed by atoms with Crippen LogP contribution in [0.25, 0.3) is 0 Å². The Labute approximate surface area is 102 Å². The van der Waals surface area contributed by atoms with Gasteiger partial charge >= 0.3 is 0 Å². The summed E-state index contributed by atoms with van der Waals surface area (Å²) in [6.45, 7) is 5.77. The molecular formula is C15H31N. The lowest BCUT2D eigenvalue weighted by atomic mass is 9.80. The predicted molar refractivity (Wildman–Crippen MR) is 72.8 cm³/mol. The monoisotopic (exact) mass is 225 g/mol. The van der Waals surface area contributed by atoms with Crippen LogP contribution in [-0.4, -0.2) is 12.6 Å². The Hall–Kier alpha value is -0.0400. The lowest BCUT2D eigenvalue weighted by Crippen LogP contribution is -2.33. The first-order valence-electron chi connectivity index (χ1n) is 7.60. The van der Waals surface area contributed by atoms with Crippen LogP contribution in [-0.2, 0) is 0 Å². The van der Waals surface area contributed by atoms with E-state index in [1.54, 1.807) is 0 Å². The Bertz CT molecular complexity index is 152. The van der Waals surface area contributed by atoms with Crippen LogP contribution in [0.3, 0.4) is 0 Å². The first-order chi connectivity index (χ1) is 7.86. The van der Waals surface area contributed by atoms with Crippen LogP contribution in [0.5, 0.6) is 0 Å². The van der Waals surface area contributed by atoms with E-state index >= 15 is 0 Å². The van der Waals surface area contributed by atoms with Crippen molar-refractivity contribution < 1.29 is 0 Å². The first kappa shape index (κ1) is 14.0. The molecule has 1 aliphatic rings. The summed E-state index contributed by atoms with van der Waals surface area (Å²) < 4.78 is 0. The molecule has 0 saturated heterocycles. The average Bonchev–Trinajstić information content (AvgIpc) is 2.24. The van der Waals surface area contributed by atoms with Crippen LogP contribution in [0.2, 0.25) is 0 Å². The fourth-order valence-corrected chi connectivity index (χ4v) is 2.60. The second kappa shape index (κ2) is 9.04. The summed E-state index contributed by atoms with van der Waals surface area (Å²) in [4.78, 5) is 0. The zero-order valence-corrected chi connectivity index (χ0v) is 11.4. The molecule has 1 unspecified atom stereocenters. The van der Waals surface area contributed by atoms with Crippen molar-refractivity contribution in [3.8, 4) is 0 Å². The number of unbranched alkanes of at least 4 members (excludes halogenated alkanes) is 3. The summed E-state index contributed by atoms with van der Waals surface area (Å²) in [5.41, 5.74) is 0. The molecule has 0 aromatic carbocycles. The van der Waals surface area contributed by atoms with E-state index in [1.807, 2.05) is 0 Å². The molecule has 1 rings (SSSR count). The molecule has 1 saturated carbocycles. The number of nitrogens with one attached hydrogen (secondary N) is 1. The Balaban J connectivity index is 2.09. The van der Waals surface area contributed by atoms with E-state index in [0.717, 1.165) is 12.0 Å². The van der Waals surface area contributed by atoms with Gasteiger partial charge in [0.25, 0.3) is 0 Å². The van der Waals surface area contributed by atoms with Gasteiger partial charge in [0.15, 0.2) is 0 Å². The minimum atomic E-state index is 0.821. The van der Waals surface area contributed by atoms with Crippen molar-refractivity contribution in [2.24, 2.45) is 5.92 Å². The highest BCUT2D eigenvalue weighted by Gasteiger charge is 2.21. The third kappa shape index (κ3) is 5.89. The van der Waals surface area contributed by atoms with Crippen molar-refractivity contribution in [2.75, 3.05) is 6.54 Å². The maximum atomic E-state index is 3.75. The van der Waals surface area contributed by atoms with E-state index in [-0.39, 0.29) is 0 Å². The Kier molecular flexibility index (Phi) is 7.92. The van der Waals surface area contributed by atoms with Crippen molar-refractivity contribution in [1.29, 1.82) is 0 Å². The van der Waals surface area contributed by atoms with Crippen LogP contribution in [0.1, 0.15) is 78.1 Å². The molecule has 1 heteroatoms. The van der Waals surface area contributed by atoms with Crippen LogP contribution >= 0.6 is 0 Å². The molecule has 0 radical (unpaired) electrons. The molecule has 1 aliphatic carbocycles. The van der Waals surface area contributed by atoms with Gasteiger partial charge in [-0.3, -0.25) is 0 Å². The van der Waals surface area contributed by atoms with Crippen molar-refractivity contribution in [1.82, 2.24) is 5.32 Å². The summed E-state index contributed by atoms with van der Waals surface area (Å²) in [6.07, 6.45) is 14.3. The summed E-state index contributed by atoms with van der Waals surface area (Å²) in [5, 5.41) is 3.75.